The first-order valence-corrected chi connectivity index (χ1v) is 12.3. The maximum atomic E-state index is 13.5. The van der Waals surface area contributed by atoms with Crippen LogP contribution < -0.4 is 16.4 Å². The summed E-state index contributed by atoms with van der Waals surface area (Å²) in [6.45, 7) is 0. The van der Waals surface area contributed by atoms with Gasteiger partial charge in [0.2, 0.25) is 0 Å². The summed E-state index contributed by atoms with van der Waals surface area (Å²) in [5.74, 6) is -0.985. The second-order valence-electron chi connectivity index (χ2n) is 9.57. The van der Waals surface area contributed by atoms with E-state index in [4.69, 9.17) is 17.3 Å². The van der Waals surface area contributed by atoms with Gasteiger partial charge in [-0.1, -0.05) is 18.0 Å². The van der Waals surface area contributed by atoms with E-state index in [0.717, 1.165) is 19.3 Å². The Morgan fingerprint density at radius 3 is 2.57 bits per heavy atom. The van der Waals surface area contributed by atoms with Crippen LogP contribution in [0.3, 0.4) is 0 Å². The minimum Gasteiger partial charge on any atom is -0.349 e. The third-order valence-corrected chi connectivity index (χ3v) is 7.19. The summed E-state index contributed by atoms with van der Waals surface area (Å²) in [6.07, 6.45) is 0.635. The maximum absolute atomic E-state index is 13.5. The number of hydrogen-bond donors (Lipinski definition) is 5. The minimum atomic E-state index is -4.60. The molecular weight excluding hydrogens is 511 g/mol. The fraction of sp³-hybridized carbons (Fsp3) is 0.417. The zero-order valence-corrected chi connectivity index (χ0v) is 20.3. The first-order chi connectivity index (χ1) is 17.6. The molecule has 6 N–H and O–H groups in total. The van der Waals surface area contributed by atoms with E-state index >= 15 is 0 Å². The summed E-state index contributed by atoms with van der Waals surface area (Å²) in [7, 11) is 0. The van der Waals surface area contributed by atoms with Crippen molar-refractivity contribution < 1.29 is 22.8 Å². The molecule has 196 valence electrons. The van der Waals surface area contributed by atoms with Crippen molar-refractivity contribution >= 4 is 29.1 Å². The van der Waals surface area contributed by atoms with Crippen LogP contribution in [-0.2, 0) is 12.6 Å². The molecule has 0 spiro atoms. The molecule has 0 atom stereocenters. The summed E-state index contributed by atoms with van der Waals surface area (Å²) in [4.78, 5) is 31.9. The van der Waals surface area contributed by atoms with Gasteiger partial charge in [-0.05, 0) is 43.9 Å². The van der Waals surface area contributed by atoms with Gasteiger partial charge in [-0.15, -0.1) is 0 Å². The highest BCUT2D eigenvalue weighted by molar-refractivity contribution is 6.34. The number of amides is 2. The molecule has 0 bridgehead atoms. The highest BCUT2D eigenvalue weighted by atomic mass is 35.5. The Morgan fingerprint density at radius 1 is 1.19 bits per heavy atom. The Labute approximate surface area is 214 Å². The van der Waals surface area contributed by atoms with Gasteiger partial charge in [0.15, 0.2) is 11.5 Å². The average molecular weight is 536 g/mol. The van der Waals surface area contributed by atoms with Gasteiger partial charge in [0.1, 0.15) is 0 Å². The second-order valence-corrected chi connectivity index (χ2v) is 9.98. The summed E-state index contributed by atoms with van der Waals surface area (Å²) < 4.78 is 40.6. The lowest BCUT2D eigenvalue weighted by molar-refractivity contribution is -0.141. The van der Waals surface area contributed by atoms with Crippen molar-refractivity contribution in [1.29, 1.82) is 0 Å². The molecule has 0 radical (unpaired) electrons. The van der Waals surface area contributed by atoms with Gasteiger partial charge in [0.25, 0.3) is 11.8 Å². The monoisotopic (exact) mass is 535 g/mol. The van der Waals surface area contributed by atoms with Gasteiger partial charge < -0.3 is 21.4 Å². The van der Waals surface area contributed by atoms with Gasteiger partial charge >= 0.3 is 6.18 Å². The molecule has 0 unspecified atom stereocenters. The number of alkyl halides is 3. The molecule has 37 heavy (non-hydrogen) atoms. The van der Waals surface area contributed by atoms with Crippen LogP contribution in [0, 0.1) is 0 Å². The van der Waals surface area contributed by atoms with Crippen LogP contribution in [-0.4, -0.2) is 44.1 Å². The van der Waals surface area contributed by atoms with E-state index in [9.17, 15) is 22.8 Å². The Bertz CT molecular complexity index is 1330. The number of carbonyl (C=O) groups is 2. The number of hydrogen-bond acceptors (Lipinski definition) is 5. The van der Waals surface area contributed by atoms with Gasteiger partial charge in [-0.2, -0.15) is 18.3 Å². The number of aromatic amines is 2. The predicted octanol–water partition coefficient (Wildman–Crippen LogP) is 4.14. The van der Waals surface area contributed by atoms with E-state index in [1.165, 1.54) is 24.4 Å². The lowest BCUT2D eigenvalue weighted by atomic mass is 9.80. The lowest BCUT2D eigenvalue weighted by Crippen LogP contribution is -2.50. The largest absolute Gasteiger partial charge is 0.435 e. The molecule has 5 rings (SSSR count). The quantitative estimate of drug-likeness (QED) is 0.309. The molecule has 2 fully saturated rings. The minimum absolute atomic E-state index is 0.0187. The smallest absolute Gasteiger partial charge is 0.349 e. The van der Waals surface area contributed by atoms with Gasteiger partial charge in [-0.3, -0.25) is 14.7 Å². The molecule has 1 aromatic carbocycles. The number of aromatic nitrogens is 4. The molecule has 0 saturated heterocycles. The number of benzene rings is 1. The standard InChI is InChI=1S/C24H25ClF3N7O2/c25-18-9-13(4-5-16(18)22(36)33-14-6-12(29)7-14)32-23(37)21-30-10-15(31-21)8-17-19(11-2-1-3-11)34-35-20(17)24(26,27)28/h4-5,9-12,14H,1-3,6-8,29H2,(H,30,31)(H,32,37)(H,33,36)(H,34,35). The maximum Gasteiger partial charge on any atom is 0.435 e. The number of carbonyl (C=O) groups excluding carboxylic acids is 2. The van der Waals surface area contributed by atoms with Crippen LogP contribution in [0.4, 0.5) is 18.9 Å². The highest BCUT2D eigenvalue weighted by Crippen LogP contribution is 2.41. The fourth-order valence-electron chi connectivity index (χ4n) is 4.59. The number of rotatable bonds is 7. The van der Waals surface area contributed by atoms with Gasteiger partial charge in [-0.25, -0.2) is 4.98 Å². The number of halogens is 4. The van der Waals surface area contributed by atoms with Crippen molar-refractivity contribution in [2.75, 3.05) is 5.32 Å². The highest BCUT2D eigenvalue weighted by Gasteiger charge is 2.39. The van der Waals surface area contributed by atoms with E-state index in [1.54, 1.807) is 0 Å². The van der Waals surface area contributed by atoms with Crippen LogP contribution in [0.5, 0.6) is 0 Å². The Balaban J connectivity index is 1.26. The summed E-state index contributed by atoms with van der Waals surface area (Å²) in [6, 6.07) is 4.58. The number of imidazole rings is 1. The number of nitrogens with zero attached hydrogens (tertiary/aromatic N) is 2. The Hall–Kier alpha value is -3.38. The Kier molecular flexibility index (Phi) is 6.71. The SMILES string of the molecule is NC1CC(NC(=O)c2ccc(NC(=O)c3ncc(Cc4c(C(F)(F)F)n[nH]c4C4CCC4)[nH]3)cc2Cl)C1. The van der Waals surface area contributed by atoms with Crippen LogP contribution in [0.2, 0.25) is 5.02 Å². The predicted molar refractivity (Wildman–Crippen MR) is 129 cm³/mol. The number of nitrogens with two attached hydrogens (primary N) is 1. The zero-order chi connectivity index (χ0) is 26.3. The van der Waals surface area contributed by atoms with E-state index < -0.39 is 17.8 Å². The summed E-state index contributed by atoms with van der Waals surface area (Å²) in [5, 5.41) is 11.7. The molecule has 13 heteroatoms. The van der Waals surface area contributed by atoms with Crippen LogP contribution in [0.25, 0.3) is 0 Å². The van der Waals surface area contributed by atoms with Crippen molar-refractivity contribution in [3.63, 3.8) is 0 Å². The fourth-order valence-corrected chi connectivity index (χ4v) is 4.86. The first-order valence-electron chi connectivity index (χ1n) is 11.9. The van der Waals surface area contributed by atoms with Crippen molar-refractivity contribution in [3.8, 4) is 0 Å². The topological polar surface area (TPSA) is 142 Å². The van der Waals surface area contributed by atoms with Gasteiger partial charge in [0, 0.05) is 53.3 Å². The number of H-pyrrole nitrogens is 2. The molecule has 9 nitrogen and oxygen atoms in total. The number of nitrogens with one attached hydrogen (secondary N) is 4. The molecule has 3 aromatic rings. The van der Waals surface area contributed by atoms with Gasteiger partial charge in [0.05, 0.1) is 10.6 Å². The van der Waals surface area contributed by atoms with Crippen LogP contribution >= 0.6 is 11.6 Å². The third kappa shape index (κ3) is 5.35. The third-order valence-electron chi connectivity index (χ3n) is 6.87. The number of anilines is 1. The average Bonchev–Trinajstić information content (AvgIpc) is 3.39. The van der Waals surface area contributed by atoms with Crippen molar-refractivity contribution in [1.82, 2.24) is 25.5 Å². The van der Waals surface area contributed by atoms with E-state index in [0.29, 0.717) is 29.9 Å². The summed E-state index contributed by atoms with van der Waals surface area (Å²) >= 11 is 6.26. The molecule has 0 aliphatic heterocycles. The lowest BCUT2D eigenvalue weighted by Gasteiger charge is -2.33. The van der Waals surface area contributed by atoms with Crippen LogP contribution in [0.1, 0.15) is 81.6 Å². The molecule has 2 heterocycles. The zero-order valence-electron chi connectivity index (χ0n) is 19.6. The van der Waals surface area contributed by atoms with E-state index in [-0.39, 0.29) is 52.3 Å². The molecule has 2 aliphatic rings. The molecule has 2 aliphatic carbocycles. The second kappa shape index (κ2) is 9.82. The molecule has 2 saturated carbocycles. The van der Waals surface area contributed by atoms with E-state index in [2.05, 4.69) is 30.8 Å². The molecular formula is C24H25ClF3N7O2. The first kappa shape index (κ1) is 25.3. The molecule has 2 amide bonds. The normalized spacial score (nSPS) is 19.7. The van der Waals surface area contributed by atoms with Crippen molar-refractivity contribution in [3.05, 3.63) is 63.5 Å². The van der Waals surface area contributed by atoms with E-state index in [1.807, 2.05) is 0 Å². The van der Waals surface area contributed by atoms with Crippen molar-refractivity contribution in [2.24, 2.45) is 5.73 Å². The van der Waals surface area contributed by atoms with Crippen LogP contribution in [0.15, 0.2) is 24.4 Å². The molecule has 2 aromatic heterocycles. The Morgan fingerprint density at radius 2 is 1.95 bits per heavy atom. The summed E-state index contributed by atoms with van der Waals surface area (Å²) in [5.41, 5.74) is 6.28. The van der Waals surface area contributed by atoms with Crippen molar-refractivity contribution in [2.45, 2.75) is 62.7 Å².